The van der Waals surface area contributed by atoms with Gasteiger partial charge in [-0.15, -0.1) is 0 Å². The molecule has 0 saturated carbocycles. The Labute approximate surface area is 87.2 Å². The predicted octanol–water partition coefficient (Wildman–Crippen LogP) is 2.92. The van der Waals surface area contributed by atoms with Gasteiger partial charge in [-0.2, -0.15) is 0 Å². The van der Waals surface area contributed by atoms with Crippen molar-refractivity contribution in [3.63, 3.8) is 0 Å². The van der Waals surface area contributed by atoms with Crippen molar-refractivity contribution >= 4 is 15.4 Å². The standard InChI is InChI=1S/C12H14Ge/c1-12(2,3)13-10-9-11-7-5-4-6-8-11/h4-8H,1-3H3. The van der Waals surface area contributed by atoms with Gasteiger partial charge in [0.25, 0.3) is 0 Å². The third-order valence-electron chi connectivity index (χ3n) is 1.42. The normalized spacial score (nSPS) is 10.4. The molecule has 1 rings (SSSR count). The Morgan fingerprint density at radius 3 is 2.23 bits per heavy atom. The summed E-state index contributed by atoms with van der Waals surface area (Å²) in [7, 11) is 0. The van der Waals surface area contributed by atoms with E-state index < -0.39 is 0 Å². The Kier molecular flexibility index (Phi) is 3.62. The van der Waals surface area contributed by atoms with E-state index in [-0.39, 0.29) is 15.4 Å². The van der Waals surface area contributed by atoms with E-state index in [0.717, 1.165) is 5.56 Å². The van der Waals surface area contributed by atoms with Gasteiger partial charge in [0.1, 0.15) is 0 Å². The van der Waals surface area contributed by atoms with E-state index in [1.807, 2.05) is 18.2 Å². The zero-order chi connectivity index (χ0) is 9.73. The number of hydrogen-bond donors (Lipinski definition) is 0. The van der Waals surface area contributed by atoms with Gasteiger partial charge in [-0.05, 0) is 0 Å². The van der Waals surface area contributed by atoms with E-state index in [4.69, 9.17) is 0 Å². The van der Waals surface area contributed by atoms with E-state index in [1.165, 1.54) is 0 Å². The van der Waals surface area contributed by atoms with E-state index in [2.05, 4.69) is 43.6 Å². The van der Waals surface area contributed by atoms with Crippen molar-refractivity contribution in [3.8, 4) is 10.7 Å². The predicted molar refractivity (Wildman–Crippen MR) is 58.8 cm³/mol. The van der Waals surface area contributed by atoms with Crippen molar-refractivity contribution in [1.29, 1.82) is 0 Å². The molecule has 0 bridgehead atoms. The molecule has 0 aliphatic carbocycles. The maximum absolute atomic E-state index is 3.32. The van der Waals surface area contributed by atoms with E-state index in [9.17, 15) is 0 Å². The first-order chi connectivity index (χ1) is 6.08. The second-order valence-corrected chi connectivity index (χ2v) is 8.19. The molecule has 0 N–H and O–H groups in total. The monoisotopic (exact) mass is 232 g/mol. The molecule has 0 atom stereocenters. The van der Waals surface area contributed by atoms with Crippen LogP contribution in [0.3, 0.4) is 0 Å². The zero-order valence-corrected chi connectivity index (χ0v) is 10.5. The molecule has 1 heteroatoms. The molecule has 13 heavy (non-hydrogen) atoms. The first-order valence-electron chi connectivity index (χ1n) is 4.41. The molecule has 0 nitrogen and oxygen atoms in total. The molecule has 1 aromatic rings. The van der Waals surface area contributed by atoms with E-state index >= 15 is 0 Å². The van der Waals surface area contributed by atoms with Gasteiger partial charge in [0, 0.05) is 0 Å². The molecule has 0 fully saturated rings. The Morgan fingerprint density at radius 1 is 1.08 bits per heavy atom. The zero-order valence-electron chi connectivity index (χ0n) is 8.39. The first-order valence-corrected chi connectivity index (χ1v) is 6.51. The molecule has 0 aliphatic heterocycles. The summed E-state index contributed by atoms with van der Waals surface area (Å²) in [6, 6.07) is 10.2. The summed E-state index contributed by atoms with van der Waals surface area (Å²) in [5, 5.41) is 0. The quantitative estimate of drug-likeness (QED) is 0.475. The van der Waals surface area contributed by atoms with Gasteiger partial charge in [-0.1, -0.05) is 0 Å². The van der Waals surface area contributed by atoms with Crippen LogP contribution in [0.5, 0.6) is 0 Å². The van der Waals surface area contributed by atoms with Crippen molar-refractivity contribution in [2.75, 3.05) is 0 Å². The van der Waals surface area contributed by atoms with Crippen LogP contribution < -0.4 is 0 Å². The molecule has 0 aliphatic rings. The number of benzene rings is 1. The van der Waals surface area contributed by atoms with Gasteiger partial charge < -0.3 is 0 Å². The molecule has 0 heterocycles. The molecule has 1 aromatic carbocycles. The molecular weight excluding hydrogens is 217 g/mol. The van der Waals surface area contributed by atoms with Crippen molar-refractivity contribution in [2.45, 2.75) is 25.0 Å². The Balaban J connectivity index is 2.59. The van der Waals surface area contributed by atoms with Crippen LogP contribution in [0.4, 0.5) is 0 Å². The van der Waals surface area contributed by atoms with E-state index in [1.54, 1.807) is 0 Å². The fourth-order valence-corrected chi connectivity index (χ4v) is 2.03. The van der Waals surface area contributed by atoms with Crippen LogP contribution in [0.2, 0.25) is 4.25 Å². The van der Waals surface area contributed by atoms with Crippen LogP contribution in [0, 0.1) is 10.7 Å². The summed E-state index contributed by atoms with van der Waals surface area (Å²) in [6.07, 6.45) is 0. The SMILES string of the molecule is C[C](C)(C)[Ge][C]#Cc1ccccc1. The van der Waals surface area contributed by atoms with Gasteiger partial charge in [0.05, 0.1) is 0 Å². The summed E-state index contributed by atoms with van der Waals surface area (Å²) in [5.41, 5.74) is 1.13. The van der Waals surface area contributed by atoms with Gasteiger partial charge >= 0.3 is 87.0 Å². The summed E-state index contributed by atoms with van der Waals surface area (Å²) in [4.78, 5) is 0. The minimum absolute atomic E-state index is 0.135. The summed E-state index contributed by atoms with van der Waals surface area (Å²) >= 11 is -0.135. The Hall–Kier alpha value is -0.677. The summed E-state index contributed by atoms with van der Waals surface area (Å²) in [5.74, 6) is 3.21. The van der Waals surface area contributed by atoms with Crippen molar-refractivity contribution in [3.05, 3.63) is 35.9 Å². The average molecular weight is 231 g/mol. The van der Waals surface area contributed by atoms with Gasteiger partial charge in [-0.3, -0.25) is 0 Å². The summed E-state index contributed by atoms with van der Waals surface area (Å²) < 4.78 is 3.75. The number of hydrogen-bond acceptors (Lipinski definition) is 0. The first kappa shape index (κ1) is 10.4. The van der Waals surface area contributed by atoms with Crippen LogP contribution in [0.1, 0.15) is 26.3 Å². The van der Waals surface area contributed by atoms with Crippen molar-refractivity contribution < 1.29 is 0 Å². The van der Waals surface area contributed by atoms with Crippen molar-refractivity contribution in [1.82, 2.24) is 0 Å². The van der Waals surface area contributed by atoms with Crippen LogP contribution in [0.25, 0.3) is 0 Å². The van der Waals surface area contributed by atoms with Gasteiger partial charge in [-0.25, -0.2) is 0 Å². The van der Waals surface area contributed by atoms with Crippen molar-refractivity contribution in [2.24, 2.45) is 0 Å². The van der Waals surface area contributed by atoms with Crippen LogP contribution in [0.15, 0.2) is 30.3 Å². The number of rotatable bonds is 0. The van der Waals surface area contributed by atoms with Gasteiger partial charge in [0.2, 0.25) is 0 Å². The molecule has 2 radical (unpaired) electrons. The molecule has 0 amide bonds. The van der Waals surface area contributed by atoms with Crippen LogP contribution in [-0.2, 0) is 0 Å². The molecule has 0 unspecified atom stereocenters. The average Bonchev–Trinajstić information content (AvgIpc) is 2.04. The summed E-state index contributed by atoms with van der Waals surface area (Å²) in [6.45, 7) is 6.77. The Bertz CT molecular complexity index is 308. The minimum atomic E-state index is -0.135. The fraction of sp³-hybridized carbons (Fsp3) is 0.333. The molecule has 0 saturated heterocycles. The molecular formula is C12H14Ge. The maximum atomic E-state index is 3.32. The fourth-order valence-electron chi connectivity index (χ4n) is 0.812. The third-order valence-corrected chi connectivity index (χ3v) is 3.52. The second kappa shape index (κ2) is 4.53. The van der Waals surface area contributed by atoms with Gasteiger partial charge in [0.15, 0.2) is 0 Å². The molecule has 0 spiro atoms. The molecule has 0 aromatic heterocycles. The van der Waals surface area contributed by atoms with Crippen LogP contribution in [-0.4, -0.2) is 15.4 Å². The van der Waals surface area contributed by atoms with Crippen LogP contribution >= 0.6 is 0 Å². The molecule has 66 valence electrons. The second-order valence-electron chi connectivity index (χ2n) is 3.99. The van der Waals surface area contributed by atoms with E-state index in [0.29, 0.717) is 4.25 Å². The third kappa shape index (κ3) is 4.80. The topological polar surface area (TPSA) is 0 Å². The Morgan fingerprint density at radius 2 is 1.69 bits per heavy atom.